The van der Waals surface area contributed by atoms with Crippen molar-refractivity contribution < 1.29 is 9.21 Å². The van der Waals surface area contributed by atoms with Crippen LogP contribution in [-0.4, -0.2) is 27.0 Å². The van der Waals surface area contributed by atoms with Gasteiger partial charge in [-0.25, -0.2) is 9.97 Å². The Bertz CT molecular complexity index is 821. The molecule has 0 fully saturated rings. The third kappa shape index (κ3) is 3.53. The Labute approximate surface area is 140 Å². The molecule has 0 aliphatic rings. The van der Waals surface area contributed by atoms with Crippen LogP contribution in [0.1, 0.15) is 33.3 Å². The van der Waals surface area contributed by atoms with Gasteiger partial charge in [0.15, 0.2) is 6.39 Å². The van der Waals surface area contributed by atoms with Crippen molar-refractivity contribution in [2.24, 2.45) is 0 Å². The van der Waals surface area contributed by atoms with Gasteiger partial charge < -0.3 is 14.3 Å². The summed E-state index contributed by atoms with van der Waals surface area (Å²) in [4.78, 5) is 20.4. The Hall–Kier alpha value is -2.89. The van der Waals surface area contributed by atoms with Gasteiger partial charge in [0.2, 0.25) is 5.76 Å². The van der Waals surface area contributed by atoms with E-state index in [1.54, 1.807) is 6.92 Å². The smallest absolute Gasteiger partial charge is 0.289 e. The Morgan fingerprint density at radius 3 is 2.71 bits per heavy atom. The van der Waals surface area contributed by atoms with Gasteiger partial charge in [-0.05, 0) is 19.4 Å². The molecule has 0 aliphatic carbocycles. The number of oxazole rings is 1. The number of benzene rings is 1. The van der Waals surface area contributed by atoms with Crippen molar-refractivity contribution in [2.45, 2.75) is 26.8 Å². The molecular weight excluding hydrogens is 304 g/mol. The van der Waals surface area contributed by atoms with Crippen LogP contribution in [0.3, 0.4) is 0 Å². The van der Waals surface area contributed by atoms with Crippen molar-refractivity contribution in [1.29, 1.82) is 0 Å². The van der Waals surface area contributed by atoms with E-state index in [1.807, 2.05) is 31.3 Å². The minimum Gasteiger partial charge on any atom is -0.438 e. The topological polar surface area (TPSA) is 73.0 Å². The molecule has 0 bridgehead atoms. The van der Waals surface area contributed by atoms with Crippen LogP contribution in [0.15, 0.2) is 47.3 Å². The number of hydrogen-bond donors (Lipinski definition) is 1. The van der Waals surface area contributed by atoms with Gasteiger partial charge >= 0.3 is 0 Å². The molecule has 2 heterocycles. The highest BCUT2D eigenvalue weighted by atomic mass is 16.3. The molecular formula is C18H20N4O2. The van der Waals surface area contributed by atoms with Crippen molar-refractivity contribution in [3.63, 3.8) is 0 Å². The third-order valence-corrected chi connectivity index (χ3v) is 3.91. The summed E-state index contributed by atoms with van der Waals surface area (Å²) in [6.45, 7) is 5.05. The van der Waals surface area contributed by atoms with E-state index in [2.05, 4.69) is 32.0 Å². The zero-order chi connectivity index (χ0) is 16.9. The fourth-order valence-electron chi connectivity index (χ4n) is 2.58. The monoisotopic (exact) mass is 324 g/mol. The summed E-state index contributed by atoms with van der Waals surface area (Å²) in [5.74, 6) is 0.965. The van der Waals surface area contributed by atoms with Crippen LogP contribution in [0.25, 0.3) is 0 Å². The molecule has 1 N–H and O–H groups in total. The van der Waals surface area contributed by atoms with Crippen LogP contribution in [0.4, 0.5) is 0 Å². The number of carbonyl (C=O) groups excluding carboxylic acids is 1. The van der Waals surface area contributed by atoms with E-state index in [0.29, 0.717) is 18.7 Å². The highest BCUT2D eigenvalue weighted by Crippen LogP contribution is 2.10. The number of rotatable bonds is 6. The molecule has 0 spiro atoms. The SMILES string of the molecule is Cc1ncoc1C(=O)NCCc1ncc(C)n1Cc1ccccc1. The van der Waals surface area contributed by atoms with Gasteiger partial charge in [-0.2, -0.15) is 0 Å². The number of imidazole rings is 1. The molecule has 3 aromatic rings. The number of carbonyl (C=O) groups is 1. The second-order valence-electron chi connectivity index (χ2n) is 5.66. The molecule has 0 saturated heterocycles. The van der Waals surface area contributed by atoms with Gasteiger partial charge in [-0.3, -0.25) is 4.79 Å². The maximum Gasteiger partial charge on any atom is 0.289 e. The highest BCUT2D eigenvalue weighted by molar-refractivity contribution is 5.92. The molecule has 6 nitrogen and oxygen atoms in total. The van der Waals surface area contributed by atoms with Gasteiger partial charge in [-0.15, -0.1) is 0 Å². The van der Waals surface area contributed by atoms with Gasteiger partial charge in [0.05, 0.1) is 5.69 Å². The molecule has 1 aromatic carbocycles. The van der Waals surface area contributed by atoms with E-state index in [4.69, 9.17) is 4.42 Å². The average Bonchev–Trinajstić information content (AvgIpc) is 3.16. The number of nitrogens with one attached hydrogen (secondary N) is 1. The van der Waals surface area contributed by atoms with E-state index in [9.17, 15) is 4.79 Å². The lowest BCUT2D eigenvalue weighted by molar-refractivity contribution is 0.0925. The molecule has 0 aliphatic heterocycles. The first kappa shape index (κ1) is 16.0. The standard InChI is InChI=1S/C18H20N4O2/c1-13-10-20-16(22(13)11-15-6-4-3-5-7-15)8-9-19-18(23)17-14(2)21-12-24-17/h3-7,10,12H,8-9,11H2,1-2H3,(H,19,23). The molecule has 2 aromatic heterocycles. The lowest BCUT2D eigenvalue weighted by Gasteiger charge is -2.11. The lowest BCUT2D eigenvalue weighted by atomic mass is 10.2. The van der Waals surface area contributed by atoms with E-state index in [-0.39, 0.29) is 11.7 Å². The fourth-order valence-corrected chi connectivity index (χ4v) is 2.58. The molecule has 124 valence electrons. The molecule has 24 heavy (non-hydrogen) atoms. The largest absolute Gasteiger partial charge is 0.438 e. The number of aryl methyl sites for hydroxylation is 2. The molecule has 0 saturated carbocycles. The van der Waals surface area contributed by atoms with E-state index in [1.165, 1.54) is 12.0 Å². The van der Waals surface area contributed by atoms with Gasteiger partial charge in [-0.1, -0.05) is 30.3 Å². The number of hydrogen-bond acceptors (Lipinski definition) is 4. The van der Waals surface area contributed by atoms with Crippen molar-refractivity contribution in [3.8, 4) is 0 Å². The van der Waals surface area contributed by atoms with Crippen LogP contribution in [0, 0.1) is 13.8 Å². The normalized spacial score (nSPS) is 10.8. The van der Waals surface area contributed by atoms with E-state index in [0.717, 1.165) is 18.1 Å². The average molecular weight is 324 g/mol. The summed E-state index contributed by atoms with van der Waals surface area (Å²) >= 11 is 0. The van der Waals surface area contributed by atoms with E-state index >= 15 is 0 Å². The van der Waals surface area contributed by atoms with Crippen LogP contribution in [0.2, 0.25) is 0 Å². The van der Waals surface area contributed by atoms with Crippen LogP contribution in [0.5, 0.6) is 0 Å². The van der Waals surface area contributed by atoms with Gasteiger partial charge in [0.1, 0.15) is 5.82 Å². The summed E-state index contributed by atoms with van der Waals surface area (Å²) in [6, 6.07) is 10.3. The van der Waals surface area contributed by atoms with Gasteiger partial charge in [0.25, 0.3) is 5.91 Å². The van der Waals surface area contributed by atoms with Crippen molar-refractivity contribution in [2.75, 3.05) is 6.54 Å². The second-order valence-corrected chi connectivity index (χ2v) is 5.66. The minimum absolute atomic E-state index is 0.247. The third-order valence-electron chi connectivity index (χ3n) is 3.91. The summed E-state index contributed by atoms with van der Waals surface area (Å²) in [5.41, 5.74) is 2.92. The van der Waals surface area contributed by atoms with E-state index < -0.39 is 0 Å². The number of amides is 1. The fraction of sp³-hybridized carbons (Fsp3) is 0.278. The summed E-state index contributed by atoms with van der Waals surface area (Å²) < 4.78 is 7.26. The van der Waals surface area contributed by atoms with Crippen LogP contribution in [-0.2, 0) is 13.0 Å². The molecule has 0 atom stereocenters. The predicted molar refractivity (Wildman–Crippen MR) is 89.8 cm³/mol. The number of nitrogens with zero attached hydrogens (tertiary/aromatic N) is 3. The first-order valence-corrected chi connectivity index (χ1v) is 7.88. The minimum atomic E-state index is -0.247. The quantitative estimate of drug-likeness (QED) is 0.756. The van der Waals surface area contributed by atoms with Crippen molar-refractivity contribution in [3.05, 3.63) is 71.5 Å². The summed E-state index contributed by atoms with van der Waals surface area (Å²) in [5, 5.41) is 2.85. The first-order valence-electron chi connectivity index (χ1n) is 7.88. The highest BCUT2D eigenvalue weighted by Gasteiger charge is 2.14. The Morgan fingerprint density at radius 1 is 1.21 bits per heavy atom. The number of aromatic nitrogens is 3. The van der Waals surface area contributed by atoms with Crippen LogP contribution < -0.4 is 5.32 Å². The Morgan fingerprint density at radius 2 is 2.00 bits per heavy atom. The zero-order valence-electron chi connectivity index (χ0n) is 13.8. The van der Waals surface area contributed by atoms with Crippen LogP contribution >= 0.6 is 0 Å². The van der Waals surface area contributed by atoms with Crippen molar-refractivity contribution >= 4 is 5.91 Å². The molecule has 3 rings (SSSR count). The molecule has 1 amide bonds. The lowest BCUT2D eigenvalue weighted by Crippen LogP contribution is -2.26. The predicted octanol–water partition coefficient (Wildman–Crippen LogP) is 2.51. The summed E-state index contributed by atoms with van der Waals surface area (Å²) in [7, 11) is 0. The Kier molecular flexibility index (Phi) is 4.74. The first-order chi connectivity index (χ1) is 11.6. The second kappa shape index (κ2) is 7.12. The maximum atomic E-state index is 12.0. The summed E-state index contributed by atoms with van der Waals surface area (Å²) in [6.07, 6.45) is 3.79. The van der Waals surface area contributed by atoms with Crippen molar-refractivity contribution in [1.82, 2.24) is 19.9 Å². The Balaban J connectivity index is 1.62. The zero-order valence-corrected chi connectivity index (χ0v) is 13.8. The van der Waals surface area contributed by atoms with Gasteiger partial charge in [0, 0.05) is 31.4 Å². The molecule has 0 unspecified atom stereocenters. The molecule has 0 radical (unpaired) electrons. The molecule has 6 heteroatoms. The maximum absolute atomic E-state index is 12.0.